The second kappa shape index (κ2) is 9.10. The quantitative estimate of drug-likeness (QED) is 0.751. The van der Waals surface area contributed by atoms with Crippen LogP contribution in [0.25, 0.3) is 0 Å². The van der Waals surface area contributed by atoms with E-state index in [1.807, 2.05) is 32.0 Å². The molecule has 1 aromatic carbocycles. The molecule has 0 saturated heterocycles. The van der Waals surface area contributed by atoms with E-state index in [1.54, 1.807) is 18.9 Å². The third kappa shape index (κ3) is 4.68. The van der Waals surface area contributed by atoms with E-state index in [9.17, 15) is 0 Å². The second-order valence-corrected chi connectivity index (χ2v) is 3.50. The summed E-state index contributed by atoms with van der Waals surface area (Å²) in [7, 11) is 1.76. The summed E-state index contributed by atoms with van der Waals surface area (Å²) in [6.45, 7) is 4.00. The zero-order chi connectivity index (χ0) is 10.8. The molecule has 0 saturated carbocycles. The third-order valence-corrected chi connectivity index (χ3v) is 2.41. The molecule has 0 radical (unpaired) electrons. The number of hydrogen-bond acceptors (Lipinski definition) is 2. The van der Waals surface area contributed by atoms with Crippen LogP contribution in [0.15, 0.2) is 30.3 Å². The fourth-order valence-corrected chi connectivity index (χ4v) is 1.75. The summed E-state index contributed by atoms with van der Waals surface area (Å²) < 4.78 is 5.36. The zero-order valence-corrected chi connectivity index (χ0v) is 10.3. The van der Waals surface area contributed by atoms with Crippen LogP contribution in [0.1, 0.15) is 25.5 Å². The Labute approximate surface area is 91.9 Å². The van der Waals surface area contributed by atoms with Crippen molar-refractivity contribution in [2.24, 2.45) is 0 Å². The largest absolute Gasteiger partial charge is 0.376 e. The van der Waals surface area contributed by atoms with Gasteiger partial charge in [-0.1, -0.05) is 44.2 Å². The van der Waals surface area contributed by atoms with E-state index in [-0.39, 0.29) is 6.10 Å². The average Bonchev–Trinajstić information content (AvgIpc) is 2.30. The minimum atomic E-state index is 0.237. The molecule has 0 aromatic heterocycles. The van der Waals surface area contributed by atoms with Gasteiger partial charge in [-0.05, 0) is 11.8 Å². The van der Waals surface area contributed by atoms with Crippen LogP contribution in [0.4, 0.5) is 0 Å². The Bertz CT molecular complexity index is 211. The van der Waals surface area contributed by atoms with Gasteiger partial charge in [0.2, 0.25) is 0 Å². The van der Waals surface area contributed by atoms with E-state index in [2.05, 4.69) is 18.4 Å². The van der Waals surface area contributed by atoms with Gasteiger partial charge in [-0.2, -0.15) is 11.8 Å². The fraction of sp³-hybridized carbons (Fsp3) is 0.500. The highest BCUT2D eigenvalue weighted by Gasteiger charge is 2.07. The van der Waals surface area contributed by atoms with E-state index in [4.69, 9.17) is 4.74 Å². The van der Waals surface area contributed by atoms with Gasteiger partial charge in [-0.15, -0.1) is 0 Å². The van der Waals surface area contributed by atoms with E-state index < -0.39 is 0 Å². The molecule has 0 heterocycles. The van der Waals surface area contributed by atoms with Gasteiger partial charge < -0.3 is 4.74 Å². The van der Waals surface area contributed by atoms with Crippen molar-refractivity contribution in [3.8, 4) is 0 Å². The van der Waals surface area contributed by atoms with E-state index in [1.165, 1.54) is 5.56 Å². The molecule has 0 aliphatic heterocycles. The molecule has 1 nitrogen and oxygen atoms in total. The number of methoxy groups -OCH3 is 1. The van der Waals surface area contributed by atoms with Crippen LogP contribution in [0.2, 0.25) is 0 Å². The third-order valence-electron chi connectivity index (χ3n) is 1.77. The lowest BCUT2D eigenvalue weighted by Gasteiger charge is -2.13. The molecule has 0 aliphatic carbocycles. The molecule has 0 fully saturated rings. The minimum Gasteiger partial charge on any atom is -0.376 e. The molecule has 2 heteroatoms. The molecule has 1 aromatic rings. The van der Waals surface area contributed by atoms with Gasteiger partial charge in [0.1, 0.15) is 0 Å². The van der Waals surface area contributed by atoms with E-state index in [0.717, 1.165) is 5.75 Å². The Balaban J connectivity index is 0.000000791. The Kier molecular flexibility index (Phi) is 8.79. The summed E-state index contributed by atoms with van der Waals surface area (Å²) in [5.74, 6) is 1.01. The maximum atomic E-state index is 5.36. The lowest BCUT2D eigenvalue weighted by molar-refractivity contribution is 0.123. The number of hydrogen-bond donors (Lipinski definition) is 0. The first-order valence-electron chi connectivity index (χ1n) is 4.95. The van der Waals surface area contributed by atoms with Crippen LogP contribution >= 0.6 is 11.8 Å². The number of ether oxygens (including phenoxy) is 1. The van der Waals surface area contributed by atoms with Crippen molar-refractivity contribution < 1.29 is 4.74 Å². The predicted molar refractivity (Wildman–Crippen MR) is 65.9 cm³/mol. The maximum Gasteiger partial charge on any atom is 0.0911 e. The molecule has 1 atom stereocenters. The van der Waals surface area contributed by atoms with Gasteiger partial charge >= 0.3 is 0 Å². The first-order valence-corrected chi connectivity index (χ1v) is 6.34. The average molecular weight is 212 g/mol. The molecule has 0 N–H and O–H groups in total. The highest BCUT2D eigenvalue weighted by atomic mass is 32.2. The van der Waals surface area contributed by atoms with Gasteiger partial charge in [-0.25, -0.2) is 0 Å². The summed E-state index contributed by atoms with van der Waals surface area (Å²) in [4.78, 5) is 0. The van der Waals surface area contributed by atoms with Crippen LogP contribution in [0.3, 0.4) is 0 Å². The van der Waals surface area contributed by atoms with Crippen molar-refractivity contribution in [2.75, 3.05) is 19.1 Å². The minimum absolute atomic E-state index is 0.237. The second-order valence-electron chi connectivity index (χ2n) is 2.59. The summed E-state index contributed by atoms with van der Waals surface area (Å²) in [6, 6.07) is 10.3. The smallest absolute Gasteiger partial charge is 0.0911 e. The fourth-order valence-electron chi connectivity index (χ4n) is 1.12. The molecule has 0 spiro atoms. The van der Waals surface area contributed by atoms with Crippen molar-refractivity contribution in [3.05, 3.63) is 35.9 Å². The molecule has 0 amide bonds. The Hall–Kier alpha value is -0.470. The van der Waals surface area contributed by atoms with Crippen molar-refractivity contribution in [3.63, 3.8) is 0 Å². The summed E-state index contributed by atoms with van der Waals surface area (Å²) in [6.07, 6.45) is 2.33. The number of benzene rings is 1. The topological polar surface area (TPSA) is 9.23 Å². The van der Waals surface area contributed by atoms with Crippen molar-refractivity contribution in [1.29, 1.82) is 0 Å². The molecule has 1 unspecified atom stereocenters. The zero-order valence-electron chi connectivity index (χ0n) is 9.49. The van der Waals surface area contributed by atoms with Crippen LogP contribution < -0.4 is 0 Å². The highest BCUT2D eigenvalue weighted by Crippen LogP contribution is 2.19. The predicted octanol–water partition coefficient (Wildman–Crippen LogP) is 3.76. The van der Waals surface area contributed by atoms with Gasteiger partial charge in [0.25, 0.3) is 0 Å². The standard InChI is InChI=1S/C10H14OS.C2H6/c1-11-10(8-12-2)9-6-4-3-5-7-9;1-2/h3-7,10H,8H2,1-2H3;1-2H3. The maximum absolute atomic E-state index is 5.36. The first-order chi connectivity index (χ1) is 6.88. The SMILES string of the molecule is CC.COC(CSC)c1ccccc1. The Morgan fingerprint density at radius 2 is 1.79 bits per heavy atom. The lowest BCUT2D eigenvalue weighted by Crippen LogP contribution is -2.03. The normalized spacial score (nSPS) is 11.4. The number of thioether (sulfide) groups is 1. The summed E-state index contributed by atoms with van der Waals surface area (Å²) in [5.41, 5.74) is 1.26. The Morgan fingerprint density at radius 3 is 2.21 bits per heavy atom. The molecular weight excluding hydrogens is 192 g/mol. The molecular formula is C12H20OS. The molecule has 80 valence electrons. The van der Waals surface area contributed by atoms with Gasteiger partial charge in [0, 0.05) is 12.9 Å². The van der Waals surface area contributed by atoms with Gasteiger partial charge in [0.15, 0.2) is 0 Å². The monoisotopic (exact) mass is 212 g/mol. The summed E-state index contributed by atoms with van der Waals surface area (Å²) >= 11 is 1.80. The van der Waals surface area contributed by atoms with Crippen LogP contribution in [0, 0.1) is 0 Å². The van der Waals surface area contributed by atoms with Gasteiger partial charge in [0.05, 0.1) is 6.10 Å². The molecule has 0 aliphatic rings. The lowest BCUT2D eigenvalue weighted by atomic mass is 10.1. The van der Waals surface area contributed by atoms with Crippen LogP contribution in [-0.4, -0.2) is 19.1 Å². The molecule has 14 heavy (non-hydrogen) atoms. The Morgan fingerprint density at radius 1 is 1.21 bits per heavy atom. The van der Waals surface area contributed by atoms with E-state index in [0.29, 0.717) is 0 Å². The summed E-state index contributed by atoms with van der Waals surface area (Å²) in [5, 5.41) is 0. The van der Waals surface area contributed by atoms with Crippen molar-refractivity contribution >= 4 is 11.8 Å². The van der Waals surface area contributed by atoms with Gasteiger partial charge in [-0.3, -0.25) is 0 Å². The highest BCUT2D eigenvalue weighted by molar-refractivity contribution is 7.98. The van der Waals surface area contributed by atoms with Crippen LogP contribution in [-0.2, 0) is 4.74 Å². The molecule has 0 bridgehead atoms. The van der Waals surface area contributed by atoms with Crippen molar-refractivity contribution in [2.45, 2.75) is 20.0 Å². The van der Waals surface area contributed by atoms with E-state index >= 15 is 0 Å². The molecule has 1 rings (SSSR count). The number of rotatable bonds is 4. The van der Waals surface area contributed by atoms with Crippen LogP contribution in [0.5, 0.6) is 0 Å². The first kappa shape index (κ1) is 13.5. The van der Waals surface area contributed by atoms with Crippen molar-refractivity contribution in [1.82, 2.24) is 0 Å².